The first-order valence-electron chi connectivity index (χ1n) is 7.08. The first-order chi connectivity index (χ1) is 9.78. The van der Waals surface area contributed by atoms with Gasteiger partial charge >= 0.3 is 0 Å². The van der Waals surface area contributed by atoms with Crippen molar-refractivity contribution >= 4 is 5.82 Å². The van der Waals surface area contributed by atoms with Crippen LogP contribution < -0.4 is 11.3 Å². The molecule has 104 valence electrons. The summed E-state index contributed by atoms with van der Waals surface area (Å²) >= 11 is 0. The van der Waals surface area contributed by atoms with E-state index in [0.717, 1.165) is 35.7 Å². The molecule has 1 aliphatic rings. The molecule has 0 saturated carbocycles. The summed E-state index contributed by atoms with van der Waals surface area (Å²) in [6.45, 7) is 1.97. The number of nitrogens with two attached hydrogens (primary N) is 1. The molecular formula is C15H19N5. The Morgan fingerprint density at radius 1 is 1.05 bits per heavy atom. The van der Waals surface area contributed by atoms with E-state index < -0.39 is 0 Å². The van der Waals surface area contributed by atoms with Gasteiger partial charge in [-0.3, -0.25) is 0 Å². The van der Waals surface area contributed by atoms with E-state index in [-0.39, 0.29) is 0 Å². The fourth-order valence-corrected chi connectivity index (χ4v) is 2.67. The first kappa shape index (κ1) is 13.0. The molecule has 2 aromatic rings. The molecule has 0 unspecified atom stereocenters. The standard InChI is InChI=1S/C15H19N5/c1-10-6-5-9-13(17-10)15-18-12-8-4-2-3-7-11(12)14(19-15)20-16/h5-6,9H,2-4,7-8,16H2,1H3,(H,18,19,20). The summed E-state index contributed by atoms with van der Waals surface area (Å²) in [5.41, 5.74) is 6.77. The highest BCUT2D eigenvalue weighted by Gasteiger charge is 2.17. The number of hydrazine groups is 1. The molecule has 0 aromatic carbocycles. The molecular weight excluding hydrogens is 250 g/mol. The van der Waals surface area contributed by atoms with Gasteiger partial charge in [0.05, 0.1) is 0 Å². The number of hydrogen-bond donors (Lipinski definition) is 2. The third kappa shape index (κ3) is 2.49. The van der Waals surface area contributed by atoms with Gasteiger partial charge < -0.3 is 5.43 Å². The molecule has 3 N–H and O–H groups in total. The van der Waals surface area contributed by atoms with Crippen molar-refractivity contribution < 1.29 is 0 Å². The SMILES string of the molecule is Cc1cccc(-c2nc3c(c(NN)n2)CCCCC3)n1. The van der Waals surface area contributed by atoms with Gasteiger partial charge in [0.25, 0.3) is 0 Å². The molecule has 0 bridgehead atoms. The third-order valence-corrected chi connectivity index (χ3v) is 3.69. The van der Waals surface area contributed by atoms with E-state index in [1.807, 2.05) is 25.1 Å². The third-order valence-electron chi connectivity index (χ3n) is 3.69. The Morgan fingerprint density at radius 2 is 1.90 bits per heavy atom. The van der Waals surface area contributed by atoms with Gasteiger partial charge in [-0.25, -0.2) is 20.8 Å². The number of nitrogen functional groups attached to an aromatic ring is 1. The maximum Gasteiger partial charge on any atom is 0.180 e. The number of aryl methyl sites for hydroxylation is 2. The van der Waals surface area contributed by atoms with Crippen molar-refractivity contribution in [3.63, 3.8) is 0 Å². The van der Waals surface area contributed by atoms with Crippen LogP contribution in [0, 0.1) is 6.92 Å². The highest BCUT2D eigenvalue weighted by Crippen LogP contribution is 2.26. The zero-order valence-corrected chi connectivity index (χ0v) is 11.7. The average Bonchev–Trinajstić information content (AvgIpc) is 2.71. The lowest BCUT2D eigenvalue weighted by Gasteiger charge is -2.12. The lowest BCUT2D eigenvalue weighted by atomic mass is 10.1. The number of nitrogens with one attached hydrogen (secondary N) is 1. The Balaban J connectivity index is 2.11. The minimum atomic E-state index is 0.655. The molecule has 0 saturated heterocycles. The summed E-state index contributed by atoms with van der Waals surface area (Å²) in [5, 5.41) is 0. The smallest absolute Gasteiger partial charge is 0.180 e. The second-order valence-corrected chi connectivity index (χ2v) is 5.19. The molecule has 5 heteroatoms. The van der Waals surface area contributed by atoms with Crippen LogP contribution in [0.15, 0.2) is 18.2 Å². The number of pyridine rings is 1. The number of nitrogens with zero attached hydrogens (tertiary/aromatic N) is 3. The molecule has 2 heterocycles. The van der Waals surface area contributed by atoms with Crippen LogP contribution in [0.1, 0.15) is 36.2 Å². The van der Waals surface area contributed by atoms with E-state index in [2.05, 4.69) is 15.4 Å². The highest BCUT2D eigenvalue weighted by atomic mass is 15.3. The van der Waals surface area contributed by atoms with Gasteiger partial charge in [-0.1, -0.05) is 12.5 Å². The molecule has 2 aromatic heterocycles. The summed E-state index contributed by atoms with van der Waals surface area (Å²) in [7, 11) is 0. The van der Waals surface area contributed by atoms with Gasteiger partial charge in [-0.05, 0) is 44.7 Å². The topological polar surface area (TPSA) is 76.7 Å². The van der Waals surface area contributed by atoms with E-state index >= 15 is 0 Å². The van der Waals surface area contributed by atoms with Crippen LogP contribution in [-0.4, -0.2) is 15.0 Å². The van der Waals surface area contributed by atoms with Crippen molar-refractivity contribution in [3.8, 4) is 11.5 Å². The van der Waals surface area contributed by atoms with E-state index in [4.69, 9.17) is 10.8 Å². The number of aromatic nitrogens is 3. The molecule has 0 amide bonds. The van der Waals surface area contributed by atoms with E-state index in [9.17, 15) is 0 Å². The summed E-state index contributed by atoms with van der Waals surface area (Å²) in [5.74, 6) is 7.04. The maximum atomic E-state index is 5.64. The zero-order valence-electron chi connectivity index (χ0n) is 11.7. The van der Waals surface area contributed by atoms with Crippen molar-refractivity contribution in [1.29, 1.82) is 0 Å². The predicted molar refractivity (Wildman–Crippen MR) is 79.1 cm³/mol. The number of fused-ring (bicyclic) bond motifs is 1. The van der Waals surface area contributed by atoms with Crippen LogP contribution in [-0.2, 0) is 12.8 Å². The second-order valence-electron chi connectivity index (χ2n) is 5.19. The molecule has 0 spiro atoms. The zero-order chi connectivity index (χ0) is 13.9. The molecule has 5 nitrogen and oxygen atoms in total. The fraction of sp³-hybridized carbons (Fsp3) is 0.400. The second kappa shape index (κ2) is 5.54. The van der Waals surface area contributed by atoms with Gasteiger partial charge in [-0.15, -0.1) is 0 Å². The largest absolute Gasteiger partial charge is 0.308 e. The average molecular weight is 269 g/mol. The van der Waals surface area contributed by atoms with Crippen LogP contribution in [0.5, 0.6) is 0 Å². The van der Waals surface area contributed by atoms with Gasteiger partial charge in [-0.2, -0.15) is 0 Å². The Kier molecular flexibility index (Phi) is 3.60. The van der Waals surface area contributed by atoms with Crippen LogP contribution in [0.25, 0.3) is 11.5 Å². The lowest BCUT2D eigenvalue weighted by molar-refractivity contribution is 0.709. The van der Waals surface area contributed by atoms with Crippen molar-refractivity contribution in [2.75, 3.05) is 5.43 Å². The minimum Gasteiger partial charge on any atom is -0.308 e. The summed E-state index contributed by atoms with van der Waals surface area (Å²) in [4.78, 5) is 13.8. The van der Waals surface area contributed by atoms with Crippen molar-refractivity contribution in [3.05, 3.63) is 35.2 Å². The molecule has 0 radical (unpaired) electrons. The molecule has 20 heavy (non-hydrogen) atoms. The monoisotopic (exact) mass is 269 g/mol. The Hall–Kier alpha value is -2.01. The van der Waals surface area contributed by atoms with Crippen molar-refractivity contribution in [2.24, 2.45) is 5.84 Å². The normalized spacial score (nSPS) is 14.5. The molecule has 3 rings (SSSR count). The molecule has 0 atom stereocenters. The quantitative estimate of drug-likeness (QED) is 0.497. The highest BCUT2D eigenvalue weighted by molar-refractivity contribution is 5.56. The van der Waals surface area contributed by atoms with E-state index in [0.29, 0.717) is 5.82 Å². The van der Waals surface area contributed by atoms with Crippen LogP contribution >= 0.6 is 0 Å². The van der Waals surface area contributed by atoms with Crippen molar-refractivity contribution in [1.82, 2.24) is 15.0 Å². The molecule has 0 fully saturated rings. The van der Waals surface area contributed by atoms with Crippen LogP contribution in [0.4, 0.5) is 5.82 Å². The lowest BCUT2D eigenvalue weighted by Crippen LogP contribution is -2.14. The van der Waals surface area contributed by atoms with Crippen LogP contribution in [0.2, 0.25) is 0 Å². The van der Waals surface area contributed by atoms with E-state index in [1.165, 1.54) is 24.8 Å². The van der Waals surface area contributed by atoms with Crippen molar-refractivity contribution in [2.45, 2.75) is 39.0 Å². The van der Waals surface area contributed by atoms with Gasteiger partial charge in [0.15, 0.2) is 5.82 Å². The van der Waals surface area contributed by atoms with Crippen LogP contribution in [0.3, 0.4) is 0 Å². The first-order valence-corrected chi connectivity index (χ1v) is 7.08. The van der Waals surface area contributed by atoms with Gasteiger partial charge in [0, 0.05) is 17.0 Å². The summed E-state index contributed by atoms with van der Waals surface area (Å²) < 4.78 is 0. The maximum absolute atomic E-state index is 5.64. The van der Waals surface area contributed by atoms with E-state index in [1.54, 1.807) is 0 Å². The fourth-order valence-electron chi connectivity index (χ4n) is 2.67. The summed E-state index contributed by atoms with van der Waals surface area (Å²) in [6.07, 6.45) is 5.57. The Bertz CT molecular complexity index is 624. The Labute approximate surface area is 118 Å². The Morgan fingerprint density at radius 3 is 2.70 bits per heavy atom. The van der Waals surface area contributed by atoms with Gasteiger partial charge in [0.2, 0.25) is 0 Å². The number of rotatable bonds is 2. The minimum absolute atomic E-state index is 0.655. The van der Waals surface area contributed by atoms with Gasteiger partial charge in [0.1, 0.15) is 11.5 Å². The summed E-state index contributed by atoms with van der Waals surface area (Å²) in [6, 6.07) is 5.88. The number of hydrogen-bond acceptors (Lipinski definition) is 5. The molecule has 0 aliphatic heterocycles. The molecule has 1 aliphatic carbocycles. The number of anilines is 1. The predicted octanol–water partition coefficient (Wildman–Crippen LogP) is 2.40.